The summed E-state index contributed by atoms with van der Waals surface area (Å²) in [6.07, 6.45) is 5.75. The third-order valence-corrected chi connectivity index (χ3v) is 3.52. The molecule has 1 aromatic rings. The molecule has 1 unspecified atom stereocenters. The molecule has 2 rings (SSSR count). The molecule has 0 aromatic heterocycles. The summed E-state index contributed by atoms with van der Waals surface area (Å²) in [5.74, 6) is 3.23. The van der Waals surface area contributed by atoms with Crippen LogP contribution in [-0.4, -0.2) is 19.6 Å². The topological polar surface area (TPSA) is 29.5 Å². The monoisotopic (exact) mass is 263 g/mol. The van der Waals surface area contributed by atoms with Gasteiger partial charge in [-0.2, -0.15) is 0 Å². The number of aryl methyl sites for hydroxylation is 1. The average Bonchev–Trinajstić information content (AvgIpc) is 2.73. The van der Waals surface area contributed by atoms with Crippen LogP contribution in [-0.2, 0) is 4.79 Å². The second kappa shape index (κ2) is 4.91. The highest BCUT2D eigenvalue weighted by atomic mass is 35.5. The summed E-state index contributed by atoms with van der Waals surface area (Å²) in [5, 5.41) is 0.614. The van der Waals surface area contributed by atoms with Gasteiger partial charge in [-0.25, -0.2) is 0 Å². The Labute approximate surface area is 112 Å². The van der Waals surface area contributed by atoms with Crippen molar-refractivity contribution in [3.8, 4) is 18.1 Å². The van der Waals surface area contributed by atoms with Crippen LogP contribution >= 0.6 is 11.6 Å². The fraction of sp³-hybridized carbons (Fsp3) is 0.357. The van der Waals surface area contributed by atoms with E-state index in [-0.39, 0.29) is 11.8 Å². The van der Waals surface area contributed by atoms with Crippen molar-refractivity contribution in [3.63, 3.8) is 0 Å². The largest absolute Gasteiger partial charge is 0.495 e. The Bertz CT molecular complexity index is 533. The summed E-state index contributed by atoms with van der Waals surface area (Å²) in [6.45, 7) is 2.41. The number of carbonyl (C=O) groups is 1. The number of benzene rings is 1. The van der Waals surface area contributed by atoms with Gasteiger partial charge in [0.1, 0.15) is 5.75 Å². The van der Waals surface area contributed by atoms with E-state index in [1.54, 1.807) is 18.1 Å². The second-order valence-corrected chi connectivity index (χ2v) is 4.75. The van der Waals surface area contributed by atoms with Crippen LogP contribution < -0.4 is 9.64 Å². The Balaban J connectivity index is 2.42. The standard InChI is InChI=1S/C14H14ClNO2/c1-4-10-6-14(17)16(8-10)12-7-11(15)9(2)5-13(12)18-3/h1,5,7,10H,6,8H2,2-3H3. The third kappa shape index (κ3) is 2.16. The van der Waals surface area contributed by atoms with Gasteiger partial charge in [-0.3, -0.25) is 4.79 Å². The molecule has 4 heteroatoms. The van der Waals surface area contributed by atoms with Crippen molar-refractivity contribution in [2.75, 3.05) is 18.6 Å². The molecule has 3 nitrogen and oxygen atoms in total. The van der Waals surface area contributed by atoms with Crippen molar-refractivity contribution in [2.24, 2.45) is 5.92 Å². The predicted octanol–water partition coefficient (Wildman–Crippen LogP) is 2.64. The Kier molecular flexibility index (Phi) is 3.49. The SMILES string of the molecule is C#CC1CC(=O)N(c2cc(Cl)c(C)cc2OC)C1. The fourth-order valence-electron chi connectivity index (χ4n) is 2.07. The molecule has 0 bridgehead atoms. The predicted molar refractivity (Wildman–Crippen MR) is 72.0 cm³/mol. The van der Waals surface area contributed by atoms with Crippen LogP contribution in [0.4, 0.5) is 5.69 Å². The fourth-order valence-corrected chi connectivity index (χ4v) is 2.23. The van der Waals surface area contributed by atoms with Crippen LogP contribution in [0.25, 0.3) is 0 Å². The van der Waals surface area contributed by atoms with E-state index in [9.17, 15) is 4.79 Å². The maximum atomic E-state index is 11.9. The Morgan fingerprint density at radius 3 is 2.83 bits per heavy atom. The number of hydrogen-bond donors (Lipinski definition) is 0. The number of halogens is 1. The van der Waals surface area contributed by atoms with Crippen molar-refractivity contribution in [2.45, 2.75) is 13.3 Å². The molecule has 0 radical (unpaired) electrons. The van der Waals surface area contributed by atoms with Gasteiger partial charge in [-0.1, -0.05) is 11.6 Å². The first-order chi connectivity index (χ1) is 8.56. The molecule has 0 aliphatic carbocycles. The van der Waals surface area contributed by atoms with Gasteiger partial charge in [0.15, 0.2) is 0 Å². The molecule has 0 spiro atoms. The van der Waals surface area contributed by atoms with E-state index in [0.717, 1.165) is 5.56 Å². The van der Waals surface area contributed by atoms with Crippen molar-refractivity contribution >= 4 is 23.2 Å². The number of anilines is 1. The molecule has 18 heavy (non-hydrogen) atoms. The molecule has 94 valence electrons. The van der Waals surface area contributed by atoms with Crippen LogP contribution in [0.15, 0.2) is 12.1 Å². The Morgan fingerprint density at radius 2 is 2.28 bits per heavy atom. The second-order valence-electron chi connectivity index (χ2n) is 4.35. The smallest absolute Gasteiger partial charge is 0.228 e. The highest BCUT2D eigenvalue weighted by molar-refractivity contribution is 6.31. The normalized spacial score (nSPS) is 18.9. The molecule has 0 saturated carbocycles. The van der Waals surface area contributed by atoms with Gasteiger partial charge in [-0.05, 0) is 24.6 Å². The first-order valence-corrected chi connectivity index (χ1v) is 6.05. The van der Waals surface area contributed by atoms with Gasteiger partial charge >= 0.3 is 0 Å². The maximum absolute atomic E-state index is 11.9. The summed E-state index contributed by atoms with van der Waals surface area (Å²) in [7, 11) is 1.57. The number of hydrogen-bond acceptors (Lipinski definition) is 2. The lowest BCUT2D eigenvalue weighted by Crippen LogP contribution is -2.25. The first-order valence-electron chi connectivity index (χ1n) is 5.67. The number of rotatable bonds is 2. The van der Waals surface area contributed by atoms with Crippen molar-refractivity contribution in [1.82, 2.24) is 0 Å². The molecule has 0 N–H and O–H groups in total. The highest BCUT2D eigenvalue weighted by Crippen LogP contribution is 2.36. The average molecular weight is 264 g/mol. The van der Waals surface area contributed by atoms with Gasteiger partial charge < -0.3 is 9.64 Å². The van der Waals surface area contributed by atoms with Crippen LogP contribution in [0.3, 0.4) is 0 Å². The zero-order valence-corrected chi connectivity index (χ0v) is 11.1. The minimum absolute atomic E-state index is 0.0103. The molecule has 1 atom stereocenters. The zero-order valence-electron chi connectivity index (χ0n) is 10.4. The number of nitrogens with zero attached hydrogens (tertiary/aromatic N) is 1. The van der Waals surface area contributed by atoms with Gasteiger partial charge in [0.05, 0.1) is 12.8 Å². The molecule has 1 saturated heterocycles. The van der Waals surface area contributed by atoms with Gasteiger partial charge in [0.25, 0.3) is 0 Å². The molecule has 1 aliphatic rings. The summed E-state index contributed by atoms with van der Waals surface area (Å²) < 4.78 is 5.31. The molecular formula is C14H14ClNO2. The molecule has 1 heterocycles. The third-order valence-electron chi connectivity index (χ3n) is 3.11. The summed E-state index contributed by atoms with van der Waals surface area (Å²) in [6, 6.07) is 3.58. The van der Waals surface area contributed by atoms with E-state index in [1.807, 2.05) is 13.0 Å². The van der Waals surface area contributed by atoms with Crippen molar-refractivity contribution in [3.05, 3.63) is 22.7 Å². The van der Waals surface area contributed by atoms with E-state index in [1.165, 1.54) is 0 Å². The van der Waals surface area contributed by atoms with Gasteiger partial charge in [-0.15, -0.1) is 12.3 Å². The number of terminal acetylenes is 1. The van der Waals surface area contributed by atoms with Crippen LogP contribution in [0, 0.1) is 25.2 Å². The zero-order chi connectivity index (χ0) is 13.3. The van der Waals surface area contributed by atoms with E-state index >= 15 is 0 Å². The van der Waals surface area contributed by atoms with E-state index < -0.39 is 0 Å². The van der Waals surface area contributed by atoms with Crippen LogP contribution in [0.5, 0.6) is 5.75 Å². The van der Waals surface area contributed by atoms with Gasteiger partial charge in [0, 0.05) is 23.9 Å². The van der Waals surface area contributed by atoms with Crippen LogP contribution in [0.1, 0.15) is 12.0 Å². The summed E-state index contributed by atoms with van der Waals surface area (Å²) >= 11 is 6.11. The lowest BCUT2D eigenvalue weighted by Gasteiger charge is -2.20. The molecular weight excluding hydrogens is 250 g/mol. The molecule has 1 aromatic carbocycles. The Hall–Kier alpha value is -1.66. The molecule has 1 aliphatic heterocycles. The van der Waals surface area contributed by atoms with Crippen molar-refractivity contribution < 1.29 is 9.53 Å². The van der Waals surface area contributed by atoms with Crippen molar-refractivity contribution in [1.29, 1.82) is 0 Å². The Morgan fingerprint density at radius 1 is 1.56 bits per heavy atom. The number of carbonyl (C=O) groups excluding carboxylic acids is 1. The minimum atomic E-state index is -0.0396. The molecule has 1 fully saturated rings. The molecule has 1 amide bonds. The van der Waals surface area contributed by atoms with E-state index in [2.05, 4.69) is 5.92 Å². The number of amides is 1. The van der Waals surface area contributed by atoms with E-state index in [0.29, 0.717) is 29.4 Å². The van der Waals surface area contributed by atoms with Gasteiger partial charge in [0.2, 0.25) is 5.91 Å². The summed E-state index contributed by atoms with van der Waals surface area (Å²) in [4.78, 5) is 13.6. The maximum Gasteiger partial charge on any atom is 0.228 e. The van der Waals surface area contributed by atoms with Crippen LogP contribution in [0.2, 0.25) is 5.02 Å². The number of methoxy groups -OCH3 is 1. The minimum Gasteiger partial charge on any atom is -0.495 e. The highest BCUT2D eigenvalue weighted by Gasteiger charge is 2.31. The lowest BCUT2D eigenvalue weighted by molar-refractivity contribution is -0.117. The summed E-state index contributed by atoms with van der Waals surface area (Å²) in [5.41, 5.74) is 1.60. The number of ether oxygens (including phenoxy) is 1. The quantitative estimate of drug-likeness (QED) is 0.768. The van der Waals surface area contributed by atoms with E-state index in [4.69, 9.17) is 22.8 Å². The first kappa shape index (κ1) is 12.8. The lowest BCUT2D eigenvalue weighted by atomic mass is 10.1.